The minimum absolute atomic E-state index is 0.0926. The SMILES string of the molecule is Cc1ccccc1-c1ccc2nc(Cc3nnc(CC(=O)NC4(C#N)CC4)o3)sc2c1F. The van der Waals surface area contributed by atoms with Gasteiger partial charge in [0.1, 0.15) is 22.8 Å². The van der Waals surface area contributed by atoms with E-state index in [-0.39, 0.29) is 30.5 Å². The van der Waals surface area contributed by atoms with Crippen molar-refractivity contribution in [2.24, 2.45) is 0 Å². The van der Waals surface area contributed by atoms with Crippen molar-refractivity contribution in [3.8, 4) is 17.2 Å². The molecule has 0 spiro atoms. The maximum atomic E-state index is 15.3. The van der Waals surface area contributed by atoms with Gasteiger partial charge in [0.15, 0.2) is 0 Å². The normalized spacial score (nSPS) is 14.3. The fraction of sp³-hybridized carbons (Fsp3) is 0.261. The van der Waals surface area contributed by atoms with E-state index in [1.54, 1.807) is 6.07 Å². The fourth-order valence-electron chi connectivity index (χ4n) is 3.56. The van der Waals surface area contributed by atoms with E-state index in [4.69, 9.17) is 9.68 Å². The molecule has 9 heteroatoms. The van der Waals surface area contributed by atoms with Crippen LogP contribution in [0.5, 0.6) is 0 Å². The van der Waals surface area contributed by atoms with Crippen LogP contribution in [-0.4, -0.2) is 26.6 Å². The molecule has 32 heavy (non-hydrogen) atoms. The largest absolute Gasteiger partial charge is 0.424 e. The number of rotatable bonds is 6. The second kappa shape index (κ2) is 7.80. The minimum atomic E-state index is -0.734. The van der Waals surface area contributed by atoms with Crippen LogP contribution in [0.4, 0.5) is 4.39 Å². The topological polar surface area (TPSA) is 105 Å². The number of benzene rings is 2. The molecule has 7 nitrogen and oxygen atoms in total. The summed E-state index contributed by atoms with van der Waals surface area (Å²) >= 11 is 1.25. The van der Waals surface area contributed by atoms with Gasteiger partial charge in [-0.3, -0.25) is 4.79 Å². The summed E-state index contributed by atoms with van der Waals surface area (Å²) < 4.78 is 21.3. The van der Waals surface area contributed by atoms with Gasteiger partial charge in [-0.1, -0.05) is 24.3 Å². The highest BCUT2D eigenvalue weighted by atomic mass is 32.1. The summed E-state index contributed by atoms with van der Waals surface area (Å²) in [7, 11) is 0. The number of nitrogens with zero attached hydrogens (tertiary/aromatic N) is 4. The third kappa shape index (κ3) is 3.85. The monoisotopic (exact) mass is 447 g/mol. The van der Waals surface area contributed by atoms with E-state index in [9.17, 15) is 4.79 Å². The summed E-state index contributed by atoms with van der Waals surface area (Å²) in [6.45, 7) is 1.95. The van der Waals surface area contributed by atoms with Gasteiger partial charge in [0.2, 0.25) is 17.7 Å². The molecule has 160 valence electrons. The first kappa shape index (κ1) is 20.3. The molecule has 0 radical (unpaired) electrons. The minimum Gasteiger partial charge on any atom is -0.424 e. The molecule has 0 saturated heterocycles. The Labute approximate surface area is 186 Å². The number of aromatic nitrogens is 3. The highest BCUT2D eigenvalue weighted by Gasteiger charge is 2.44. The Hall–Kier alpha value is -3.64. The Bertz CT molecular complexity index is 1380. The first-order valence-corrected chi connectivity index (χ1v) is 11.0. The van der Waals surface area contributed by atoms with Crippen LogP contribution in [0.3, 0.4) is 0 Å². The summed E-state index contributed by atoms with van der Waals surface area (Å²) in [6, 6.07) is 13.3. The van der Waals surface area contributed by atoms with Gasteiger partial charge < -0.3 is 9.73 Å². The molecular weight excluding hydrogens is 429 g/mol. The number of fused-ring (bicyclic) bond motifs is 1. The number of nitriles is 1. The van der Waals surface area contributed by atoms with Crippen LogP contribution < -0.4 is 5.32 Å². The average molecular weight is 447 g/mol. The Kier molecular flexibility index (Phi) is 4.94. The molecule has 0 unspecified atom stereocenters. The van der Waals surface area contributed by atoms with E-state index < -0.39 is 5.54 Å². The maximum Gasteiger partial charge on any atom is 0.230 e. The summed E-state index contributed by atoms with van der Waals surface area (Å²) in [5, 5.41) is 20.3. The molecule has 2 aromatic carbocycles. The predicted octanol–water partition coefficient (Wildman–Crippen LogP) is 4.10. The first-order valence-electron chi connectivity index (χ1n) is 10.1. The molecule has 4 aromatic rings. The number of halogens is 1. The van der Waals surface area contributed by atoms with Crippen molar-refractivity contribution < 1.29 is 13.6 Å². The third-order valence-electron chi connectivity index (χ3n) is 5.44. The zero-order valence-corrected chi connectivity index (χ0v) is 18.0. The zero-order chi connectivity index (χ0) is 22.3. The number of hydrogen-bond donors (Lipinski definition) is 1. The number of carbonyl (C=O) groups is 1. The van der Waals surface area contributed by atoms with Gasteiger partial charge in [-0.05, 0) is 43.0 Å². The van der Waals surface area contributed by atoms with E-state index in [1.165, 1.54) is 11.3 Å². The summed E-state index contributed by atoms with van der Waals surface area (Å²) in [5.41, 5.74) is 2.24. The first-order chi connectivity index (χ1) is 15.5. The highest BCUT2D eigenvalue weighted by Crippen LogP contribution is 2.35. The van der Waals surface area contributed by atoms with Gasteiger partial charge in [-0.2, -0.15) is 5.26 Å². The number of aryl methyl sites for hydroxylation is 1. The fourth-order valence-corrected chi connectivity index (χ4v) is 4.56. The van der Waals surface area contributed by atoms with Crippen LogP contribution in [-0.2, 0) is 17.6 Å². The number of nitrogens with one attached hydrogen (secondary N) is 1. The lowest BCUT2D eigenvalue weighted by Gasteiger charge is -2.07. The van der Waals surface area contributed by atoms with Crippen molar-refractivity contribution in [3.63, 3.8) is 0 Å². The van der Waals surface area contributed by atoms with E-state index in [2.05, 4.69) is 26.6 Å². The van der Waals surface area contributed by atoms with Gasteiger partial charge in [0, 0.05) is 5.56 Å². The number of thiazole rings is 1. The van der Waals surface area contributed by atoms with E-state index in [1.807, 2.05) is 37.3 Å². The van der Waals surface area contributed by atoms with Gasteiger partial charge in [-0.15, -0.1) is 21.5 Å². The number of amides is 1. The molecule has 1 amide bonds. The molecule has 1 aliphatic carbocycles. The second-order valence-corrected chi connectivity index (χ2v) is 8.97. The molecule has 1 aliphatic rings. The molecule has 2 heterocycles. The van der Waals surface area contributed by atoms with Crippen molar-refractivity contribution in [1.29, 1.82) is 5.26 Å². The zero-order valence-electron chi connectivity index (χ0n) is 17.2. The Morgan fingerprint density at radius 2 is 2.00 bits per heavy atom. The molecule has 5 rings (SSSR count). The molecule has 2 aromatic heterocycles. The van der Waals surface area contributed by atoms with Crippen LogP contribution >= 0.6 is 11.3 Å². The molecule has 0 aliphatic heterocycles. The van der Waals surface area contributed by atoms with Gasteiger partial charge in [0.05, 0.1) is 22.7 Å². The van der Waals surface area contributed by atoms with Gasteiger partial charge in [-0.25, -0.2) is 9.37 Å². The maximum absolute atomic E-state index is 15.3. The van der Waals surface area contributed by atoms with Crippen molar-refractivity contribution in [1.82, 2.24) is 20.5 Å². The van der Waals surface area contributed by atoms with Crippen molar-refractivity contribution in [2.75, 3.05) is 0 Å². The Morgan fingerprint density at radius 3 is 2.75 bits per heavy atom. The number of carbonyl (C=O) groups excluding carboxylic acids is 1. The standard InChI is InChI=1S/C23H18FN5O2S/c1-13-4-2-3-5-14(13)15-6-7-16-22(21(15)24)32-20(26-16)11-19-29-28-18(31-19)10-17(30)27-23(12-25)8-9-23/h2-7H,8-11H2,1H3,(H,27,30). The van der Waals surface area contributed by atoms with Crippen molar-refractivity contribution in [3.05, 3.63) is 64.6 Å². The van der Waals surface area contributed by atoms with Crippen molar-refractivity contribution >= 4 is 27.5 Å². The third-order valence-corrected chi connectivity index (χ3v) is 6.51. The predicted molar refractivity (Wildman–Crippen MR) is 116 cm³/mol. The average Bonchev–Trinajstić information content (AvgIpc) is 3.20. The lowest BCUT2D eigenvalue weighted by molar-refractivity contribution is -0.121. The second-order valence-electron chi connectivity index (χ2n) is 7.88. The number of hydrogen-bond acceptors (Lipinski definition) is 7. The van der Waals surface area contributed by atoms with E-state index >= 15 is 4.39 Å². The molecule has 1 saturated carbocycles. The lowest BCUT2D eigenvalue weighted by atomic mass is 10.00. The quantitative estimate of drug-likeness (QED) is 0.477. The van der Waals surface area contributed by atoms with E-state index in [0.29, 0.717) is 39.5 Å². The molecular formula is C23H18FN5O2S. The van der Waals surface area contributed by atoms with E-state index in [0.717, 1.165) is 11.1 Å². The summed E-state index contributed by atoms with van der Waals surface area (Å²) in [4.78, 5) is 16.6. The highest BCUT2D eigenvalue weighted by molar-refractivity contribution is 7.18. The smallest absolute Gasteiger partial charge is 0.230 e. The van der Waals surface area contributed by atoms with Crippen LogP contribution in [0.25, 0.3) is 21.3 Å². The van der Waals surface area contributed by atoms with Crippen molar-refractivity contribution in [2.45, 2.75) is 38.1 Å². The van der Waals surface area contributed by atoms with Crippen LogP contribution in [0.1, 0.15) is 35.2 Å². The molecule has 0 atom stereocenters. The Morgan fingerprint density at radius 1 is 1.22 bits per heavy atom. The van der Waals surface area contributed by atoms with Crippen LogP contribution in [0.2, 0.25) is 0 Å². The van der Waals surface area contributed by atoms with Crippen LogP contribution in [0, 0.1) is 24.1 Å². The van der Waals surface area contributed by atoms with Gasteiger partial charge >= 0.3 is 0 Å². The molecule has 1 N–H and O–H groups in total. The van der Waals surface area contributed by atoms with Gasteiger partial charge in [0.25, 0.3) is 0 Å². The van der Waals surface area contributed by atoms with Crippen LogP contribution in [0.15, 0.2) is 40.8 Å². The lowest BCUT2D eigenvalue weighted by Crippen LogP contribution is -2.36. The molecule has 1 fully saturated rings. The Balaban J connectivity index is 1.33. The summed E-state index contributed by atoms with van der Waals surface area (Å²) in [6.07, 6.45) is 1.47. The summed E-state index contributed by atoms with van der Waals surface area (Å²) in [5.74, 6) is -0.159. The molecule has 0 bridgehead atoms.